The minimum atomic E-state index is 0.449. The molecule has 0 aromatic heterocycles. The zero-order chi connectivity index (χ0) is 11.7. The van der Waals surface area contributed by atoms with E-state index in [0.717, 1.165) is 5.02 Å². The molecule has 1 aromatic carbocycles. The van der Waals surface area contributed by atoms with Crippen molar-refractivity contribution in [2.75, 3.05) is 0 Å². The lowest BCUT2D eigenvalue weighted by atomic mass is 10.0. The van der Waals surface area contributed by atoms with Gasteiger partial charge in [0.15, 0.2) is 0 Å². The fraction of sp³-hybridized carbons (Fsp3) is 0.538. The Morgan fingerprint density at radius 3 is 2.88 bits per heavy atom. The maximum absolute atomic E-state index is 6.26. The first-order valence-corrected chi connectivity index (χ1v) is 7.05. The normalized spacial score (nSPS) is 24.6. The summed E-state index contributed by atoms with van der Waals surface area (Å²) in [5, 5.41) is 5.15. The predicted octanol–water partition coefficient (Wildman–Crippen LogP) is 4.26. The van der Waals surface area contributed by atoms with E-state index in [9.17, 15) is 0 Å². The van der Waals surface area contributed by atoms with Crippen molar-refractivity contribution in [3.8, 4) is 0 Å². The first kappa shape index (κ1) is 12.3. The van der Waals surface area contributed by atoms with Crippen molar-refractivity contribution in [1.82, 2.24) is 5.32 Å². The van der Waals surface area contributed by atoms with E-state index in [0.29, 0.717) is 17.3 Å². The van der Waals surface area contributed by atoms with E-state index in [1.54, 1.807) is 0 Å². The number of hydrogen-bond acceptors (Lipinski definition) is 2. The summed E-state index contributed by atoms with van der Waals surface area (Å²) in [6, 6.07) is 7.18. The molecule has 3 heteroatoms. The fourth-order valence-electron chi connectivity index (χ4n) is 2.19. The summed E-state index contributed by atoms with van der Waals surface area (Å²) < 4.78 is 0. The van der Waals surface area contributed by atoms with Crippen LogP contribution in [0, 0.1) is 0 Å². The van der Waals surface area contributed by atoms with Gasteiger partial charge in [-0.1, -0.05) is 44.5 Å². The second-order valence-electron chi connectivity index (χ2n) is 4.70. The summed E-state index contributed by atoms with van der Waals surface area (Å²) >= 11 is 8.16. The molecule has 1 aliphatic rings. The SMILES string of the molecule is CC(C)NC1CC(C)Sc2c(Cl)cccc21. The smallest absolute Gasteiger partial charge is 0.0545 e. The van der Waals surface area contributed by atoms with Crippen LogP contribution in [0.5, 0.6) is 0 Å². The molecule has 1 N–H and O–H groups in total. The molecule has 1 heterocycles. The number of nitrogens with one attached hydrogen (secondary N) is 1. The monoisotopic (exact) mass is 255 g/mol. The van der Waals surface area contributed by atoms with Crippen LogP contribution in [0.25, 0.3) is 0 Å². The van der Waals surface area contributed by atoms with Gasteiger partial charge in [0.2, 0.25) is 0 Å². The molecule has 2 unspecified atom stereocenters. The lowest BCUT2D eigenvalue weighted by Crippen LogP contribution is -2.32. The van der Waals surface area contributed by atoms with Crippen molar-refractivity contribution >= 4 is 23.4 Å². The molecule has 16 heavy (non-hydrogen) atoms. The Morgan fingerprint density at radius 1 is 1.44 bits per heavy atom. The lowest BCUT2D eigenvalue weighted by molar-refractivity contribution is 0.442. The molecule has 2 atom stereocenters. The van der Waals surface area contributed by atoms with E-state index < -0.39 is 0 Å². The second-order valence-corrected chi connectivity index (χ2v) is 6.55. The van der Waals surface area contributed by atoms with E-state index in [1.807, 2.05) is 23.9 Å². The van der Waals surface area contributed by atoms with Crippen molar-refractivity contribution in [2.24, 2.45) is 0 Å². The Kier molecular flexibility index (Phi) is 3.83. The van der Waals surface area contributed by atoms with Crippen LogP contribution >= 0.6 is 23.4 Å². The lowest BCUT2D eigenvalue weighted by Gasteiger charge is -2.31. The highest BCUT2D eigenvalue weighted by Gasteiger charge is 2.26. The van der Waals surface area contributed by atoms with Crippen LogP contribution in [-0.2, 0) is 0 Å². The standard InChI is InChI=1S/C13H18ClNS/c1-8(2)15-12-7-9(3)16-13-10(12)5-4-6-11(13)14/h4-6,8-9,12,15H,7H2,1-3H3. The van der Waals surface area contributed by atoms with Crippen molar-refractivity contribution in [3.05, 3.63) is 28.8 Å². The van der Waals surface area contributed by atoms with E-state index in [4.69, 9.17) is 11.6 Å². The molecule has 0 bridgehead atoms. The number of benzene rings is 1. The van der Waals surface area contributed by atoms with Crippen LogP contribution in [-0.4, -0.2) is 11.3 Å². The van der Waals surface area contributed by atoms with Gasteiger partial charge in [-0.2, -0.15) is 0 Å². The van der Waals surface area contributed by atoms with Crippen LogP contribution in [0.3, 0.4) is 0 Å². The minimum absolute atomic E-state index is 0.449. The number of thioether (sulfide) groups is 1. The summed E-state index contributed by atoms with van der Waals surface area (Å²) in [5.41, 5.74) is 1.37. The zero-order valence-electron chi connectivity index (χ0n) is 9.96. The molecule has 88 valence electrons. The Bertz CT molecular complexity index is 378. The highest BCUT2D eigenvalue weighted by molar-refractivity contribution is 8.00. The molecular formula is C13H18ClNS. The van der Waals surface area contributed by atoms with E-state index in [2.05, 4.69) is 32.2 Å². The highest BCUT2D eigenvalue weighted by Crippen LogP contribution is 2.44. The highest BCUT2D eigenvalue weighted by atomic mass is 35.5. The molecule has 0 fully saturated rings. The molecule has 0 saturated carbocycles. The third-order valence-corrected chi connectivity index (χ3v) is 4.51. The third kappa shape index (κ3) is 2.55. The molecule has 0 aliphatic carbocycles. The van der Waals surface area contributed by atoms with Crippen molar-refractivity contribution in [1.29, 1.82) is 0 Å². The van der Waals surface area contributed by atoms with Crippen LogP contribution < -0.4 is 5.32 Å². The van der Waals surface area contributed by atoms with E-state index in [-0.39, 0.29) is 0 Å². The Labute approximate surface area is 107 Å². The quantitative estimate of drug-likeness (QED) is 0.847. The van der Waals surface area contributed by atoms with Crippen molar-refractivity contribution in [3.63, 3.8) is 0 Å². The van der Waals surface area contributed by atoms with Gasteiger partial charge in [-0.3, -0.25) is 0 Å². The van der Waals surface area contributed by atoms with E-state index >= 15 is 0 Å². The second kappa shape index (κ2) is 4.99. The molecule has 0 saturated heterocycles. The zero-order valence-corrected chi connectivity index (χ0v) is 11.5. The predicted molar refractivity (Wildman–Crippen MR) is 72.4 cm³/mol. The summed E-state index contributed by atoms with van der Waals surface area (Å²) in [7, 11) is 0. The van der Waals surface area contributed by atoms with Crippen LogP contribution in [0.4, 0.5) is 0 Å². The molecule has 0 radical (unpaired) electrons. The first-order valence-electron chi connectivity index (χ1n) is 5.79. The van der Waals surface area contributed by atoms with Gasteiger partial charge in [0.05, 0.1) is 5.02 Å². The number of halogens is 1. The minimum Gasteiger partial charge on any atom is -0.308 e. The Balaban J connectivity index is 2.34. The van der Waals surface area contributed by atoms with Crippen LogP contribution in [0.15, 0.2) is 23.1 Å². The van der Waals surface area contributed by atoms with Crippen LogP contribution in [0.1, 0.15) is 38.8 Å². The van der Waals surface area contributed by atoms with Gasteiger partial charge in [0.1, 0.15) is 0 Å². The molecule has 1 aliphatic heterocycles. The summed E-state index contributed by atoms with van der Waals surface area (Å²) in [5.74, 6) is 0. The van der Waals surface area contributed by atoms with E-state index in [1.165, 1.54) is 16.9 Å². The van der Waals surface area contributed by atoms with Gasteiger partial charge in [0.25, 0.3) is 0 Å². The summed E-state index contributed by atoms with van der Waals surface area (Å²) in [6.07, 6.45) is 1.18. The average Bonchev–Trinajstić information content (AvgIpc) is 2.18. The topological polar surface area (TPSA) is 12.0 Å². The Hall–Kier alpha value is -0.180. The molecule has 2 rings (SSSR count). The van der Waals surface area contributed by atoms with Crippen molar-refractivity contribution in [2.45, 2.75) is 49.4 Å². The summed E-state index contributed by atoms with van der Waals surface area (Å²) in [4.78, 5) is 1.26. The Morgan fingerprint density at radius 2 is 2.19 bits per heavy atom. The fourth-order valence-corrected chi connectivity index (χ4v) is 3.73. The number of fused-ring (bicyclic) bond motifs is 1. The molecular weight excluding hydrogens is 238 g/mol. The van der Waals surface area contributed by atoms with Crippen molar-refractivity contribution < 1.29 is 0 Å². The largest absolute Gasteiger partial charge is 0.308 e. The first-order chi connectivity index (χ1) is 7.58. The molecule has 1 aromatic rings. The van der Waals surface area contributed by atoms with Gasteiger partial charge in [-0.25, -0.2) is 0 Å². The van der Waals surface area contributed by atoms with Gasteiger partial charge in [-0.05, 0) is 18.1 Å². The van der Waals surface area contributed by atoms with Gasteiger partial charge >= 0.3 is 0 Å². The van der Waals surface area contributed by atoms with Gasteiger partial charge in [0, 0.05) is 22.2 Å². The third-order valence-electron chi connectivity index (χ3n) is 2.79. The molecule has 0 spiro atoms. The van der Waals surface area contributed by atoms with Crippen LogP contribution in [0.2, 0.25) is 5.02 Å². The average molecular weight is 256 g/mol. The number of rotatable bonds is 2. The summed E-state index contributed by atoms with van der Waals surface area (Å²) in [6.45, 7) is 6.65. The maximum Gasteiger partial charge on any atom is 0.0545 e. The molecule has 1 nitrogen and oxygen atoms in total. The van der Waals surface area contributed by atoms with Gasteiger partial charge in [-0.15, -0.1) is 11.8 Å². The molecule has 0 amide bonds. The maximum atomic E-state index is 6.26. The number of hydrogen-bond donors (Lipinski definition) is 1. The van der Waals surface area contributed by atoms with Gasteiger partial charge < -0.3 is 5.32 Å².